The highest BCUT2D eigenvalue weighted by atomic mass is 16.5. The number of amides is 2. The number of ether oxygens (including phenoxy) is 1. The summed E-state index contributed by atoms with van der Waals surface area (Å²) in [7, 11) is 0. The van der Waals surface area contributed by atoms with Crippen molar-refractivity contribution in [2.45, 2.75) is 26.0 Å². The standard InChI is InChI=1S/C26H27N5O3.C2H4O2/c27-25(28)20-13-11-19(12-14-20)18-29-24(32)17-23-26(33)30(15-16-34-23)31(21-7-3-1-4-8-21)22-9-5-2-6-10-22;1-2(3)4/h1-14,23H,15-18H2,(H3,27,28)(H,29,32);1H3,(H,3,4). The van der Waals surface area contributed by atoms with Crippen molar-refractivity contribution in [3.05, 3.63) is 96.1 Å². The van der Waals surface area contributed by atoms with E-state index >= 15 is 0 Å². The Labute approximate surface area is 221 Å². The Morgan fingerprint density at radius 3 is 2.05 bits per heavy atom. The Bertz CT molecular complexity index is 1190. The molecule has 1 aliphatic heterocycles. The molecule has 1 atom stereocenters. The van der Waals surface area contributed by atoms with E-state index in [4.69, 9.17) is 25.8 Å². The van der Waals surface area contributed by atoms with Gasteiger partial charge in [-0.25, -0.2) is 5.01 Å². The summed E-state index contributed by atoms with van der Waals surface area (Å²) in [5.41, 5.74) is 8.92. The first kappa shape index (κ1) is 27.9. The number of morpholine rings is 1. The largest absolute Gasteiger partial charge is 0.550 e. The Balaban J connectivity index is 0.000000934. The van der Waals surface area contributed by atoms with Gasteiger partial charge in [0.05, 0.1) is 36.5 Å². The van der Waals surface area contributed by atoms with Gasteiger partial charge in [-0.2, -0.15) is 0 Å². The van der Waals surface area contributed by atoms with Gasteiger partial charge in [-0.05, 0) is 48.9 Å². The molecular weight excluding hydrogens is 486 g/mol. The lowest BCUT2D eigenvalue weighted by molar-refractivity contribution is -0.302. The summed E-state index contributed by atoms with van der Waals surface area (Å²) in [5.74, 6) is -1.36. The molecule has 0 aromatic heterocycles. The summed E-state index contributed by atoms with van der Waals surface area (Å²) < 4.78 is 5.70. The first-order valence-electron chi connectivity index (χ1n) is 12.0. The number of hydrogen-bond donors (Lipinski definition) is 3. The molecule has 3 aromatic carbocycles. The minimum atomic E-state index is -1.08. The van der Waals surface area contributed by atoms with Gasteiger partial charge in [0.25, 0.3) is 11.7 Å². The van der Waals surface area contributed by atoms with Crippen molar-refractivity contribution in [1.29, 1.82) is 0 Å². The van der Waals surface area contributed by atoms with Crippen LogP contribution in [0.1, 0.15) is 24.5 Å². The lowest BCUT2D eigenvalue weighted by atomic mass is 10.1. The lowest BCUT2D eigenvalue weighted by Gasteiger charge is -2.41. The number of nitrogens with one attached hydrogen (secondary N) is 1. The van der Waals surface area contributed by atoms with Crippen LogP contribution in [0, 0.1) is 0 Å². The predicted octanol–water partition coefficient (Wildman–Crippen LogP) is -0.106. The van der Waals surface area contributed by atoms with Gasteiger partial charge in [-0.1, -0.05) is 48.5 Å². The zero-order chi connectivity index (χ0) is 27.5. The van der Waals surface area contributed by atoms with Crippen LogP contribution in [0.3, 0.4) is 0 Å². The number of nitrogens with zero attached hydrogens (tertiary/aromatic N) is 2. The molecule has 1 fully saturated rings. The van der Waals surface area contributed by atoms with Gasteiger partial charge in [0, 0.05) is 12.5 Å². The summed E-state index contributed by atoms with van der Waals surface area (Å²) >= 11 is 0. The molecule has 2 amide bonds. The molecule has 1 saturated heterocycles. The third-order valence-electron chi connectivity index (χ3n) is 5.54. The minimum absolute atomic E-state index is 0.0611. The molecule has 5 N–H and O–H groups in total. The van der Waals surface area contributed by atoms with E-state index in [1.165, 1.54) is 0 Å². The Morgan fingerprint density at radius 2 is 1.55 bits per heavy atom. The highest BCUT2D eigenvalue weighted by Gasteiger charge is 2.35. The molecule has 0 saturated carbocycles. The average molecular weight is 518 g/mol. The van der Waals surface area contributed by atoms with Gasteiger partial charge in [0.1, 0.15) is 6.10 Å². The molecular formula is C28H31N5O5. The number of hydrazine groups is 1. The predicted molar refractivity (Wildman–Crippen MR) is 140 cm³/mol. The third kappa shape index (κ3) is 7.90. The van der Waals surface area contributed by atoms with Gasteiger partial charge in [0.15, 0.2) is 0 Å². The van der Waals surface area contributed by atoms with Crippen molar-refractivity contribution in [2.24, 2.45) is 5.73 Å². The number of anilines is 2. The molecule has 0 spiro atoms. The number of carboxylic acid groups (broad SMARTS) is 1. The smallest absolute Gasteiger partial charge is 0.271 e. The Morgan fingerprint density at radius 1 is 1.03 bits per heavy atom. The van der Waals surface area contributed by atoms with Crippen LogP contribution in [0.15, 0.2) is 84.9 Å². The van der Waals surface area contributed by atoms with Crippen molar-refractivity contribution in [2.75, 3.05) is 18.2 Å². The van der Waals surface area contributed by atoms with Gasteiger partial charge >= 0.3 is 0 Å². The number of rotatable bonds is 8. The molecule has 10 nitrogen and oxygen atoms in total. The zero-order valence-corrected chi connectivity index (χ0v) is 21.1. The fraction of sp³-hybridized carbons (Fsp3) is 0.214. The molecule has 10 heteroatoms. The van der Waals surface area contributed by atoms with Crippen LogP contribution >= 0.6 is 0 Å². The fourth-order valence-electron chi connectivity index (χ4n) is 3.80. The normalized spacial score (nSPS) is 14.6. The van der Waals surface area contributed by atoms with Gasteiger partial charge < -0.3 is 20.0 Å². The molecule has 4 rings (SSSR count). The molecule has 1 aliphatic rings. The van der Waals surface area contributed by atoms with Crippen molar-refractivity contribution >= 4 is 35.0 Å². The average Bonchev–Trinajstić information content (AvgIpc) is 2.91. The molecule has 0 bridgehead atoms. The van der Waals surface area contributed by atoms with Crippen molar-refractivity contribution in [3.63, 3.8) is 0 Å². The number of para-hydroxylation sites is 2. The summed E-state index contributed by atoms with van der Waals surface area (Å²) in [6, 6.07) is 26.6. The van der Waals surface area contributed by atoms with E-state index in [1.807, 2.05) is 77.8 Å². The Hall–Kier alpha value is -4.70. The van der Waals surface area contributed by atoms with E-state index in [1.54, 1.807) is 17.1 Å². The Kier molecular flexibility index (Phi) is 9.95. The van der Waals surface area contributed by atoms with Gasteiger partial charge in [-0.15, -0.1) is 0 Å². The van der Waals surface area contributed by atoms with Crippen molar-refractivity contribution in [1.82, 2.24) is 10.3 Å². The molecule has 0 aliphatic carbocycles. The summed E-state index contributed by atoms with van der Waals surface area (Å²) in [6.45, 7) is 2.01. The summed E-state index contributed by atoms with van der Waals surface area (Å²) in [5, 5.41) is 20.8. The number of carbonyl (C=O) groups excluding carboxylic acids is 3. The monoisotopic (exact) mass is 517 g/mol. The van der Waals surface area contributed by atoms with Crippen LogP contribution in [0.5, 0.6) is 0 Å². The van der Waals surface area contributed by atoms with Crippen LogP contribution in [0.25, 0.3) is 0 Å². The number of carbonyl (C=O) groups is 3. The molecule has 198 valence electrons. The summed E-state index contributed by atoms with van der Waals surface area (Å²) in [4.78, 5) is 34.9. The van der Waals surface area contributed by atoms with E-state index in [2.05, 4.69) is 5.32 Å². The highest BCUT2D eigenvalue weighted by molar-refractivity contribution is 5.92. The van der Waals surface area contributed by atoms with Gasteiger partial charge in [0.2, 0.25) is 5.91 Å². The second-order valence-corrected chi connectivity index (χ2v) is 8.43. The number of carboxylic acids is 1. The van der Waals surface area contributed by atoms with Crippen LogP contribution in [0.4, 0.5) is 11.4 Å². The van der Waals surface area contributed by atoms with Crippen LogP contribution in [-0.4, -0.2) is 47.9 Å². The molecule has 1 unspecified atom stereocenters. The van der Waals surface area contributed by atoms with Gasteiger partial charge in [-0.3, -0.25) is 25.7 Å². The molecule has 1 heterocycles. The quantitative estimate of drug-likeness (QED) is 0.278. The maximum atomic E-state index is 13.4. The SMILES string of the molecule is CC(=O)[O-].NC(=[NH2+])c1ccc(CNC(=O)CC2OCCN(N(c3ccccc3)c3ccccc3)C2=O)cc1. The molecule has 38 heavy (non-hydrogen) atoms. The zero-order valence-electron chi connectivity index (χ0n) is 21.1. The number of hydrogen-bond acceptors (Lipinski definition) is 6. The second-order valence-electron chi connectivity index (χ2n) is 8.43. The third-order valence-corrected chi connectivity index (χ3v) is 5.54. The van der Waals surface area contributed by atoms with E-state index < -0.39 is 12.1 Å². The van der Waals surface area contributed by atoms with Crippen molar-refractivity contribution < 1.29 is 29.6 Å². The second kappa shape index (κ2) is 13.6. The van der Waals surface area contributed by atoms with E-state index in [-0.39, 0.29) is 24.1 Å². The number of aliphatic carboxylic acids is 1. The van der Waals surface area contributed by atoms with E-state index in [9.17, 15) is 9.59 Å². The first-order valence-corrected chi connectivity index (χ1v) is 12.0. The number of nitrogens with two attached hydrogens (primary N) is 2. The van der Waals surface area contributed by atoms with Crippen LogP contribution in [0.2, 0.25) is 0 Å². The number of benzene rings is 3. The molecule has 3 aromatic rings. The first-order chi connectivity index (χ1) is 18.3. The van der Waals surface area contributed by atoms with E-state index in [0.29, 0.717) is 19.7 Å². The maximum Gasteiger partial charge on any atom is 0.271 e. The number of amidine groups is 1. The highest BCUT2D eigenvalue weighted by Crippen LogP contribution is 2.29. The lowest BCUT2D eigenvalue weighted by Crippen LogP contribution is -2.55. The van der Waals surface area contributed by atoms with Crippen LogP contribution in [-0.2, 0) is 25.7 Å². The van der Waals surface area contributed by atoms with E-state index in [0.717, 1.165) is 29.4 Å². The topological polar surface area (TPSA) is 154 Å². The van der Waals surface area contributed by atoms with Crippen LogP contribution < -0.4 is 26.6 Å². The summed E-state index contributed by atoms with van der Waals surface area (Å²) in [6.07, 6.45) is -0.924. The minimum Gasteiger partial charge on any atom is -0.550 e. The fourth-order valence-corrected chi connectivity index (χ4v) is 3.80. The van der Waals surface area contributed by atoms with Crippen molar-refractivity contribution in [3.8, 4) is 0 Å². The molecule has 0 radical (unpaired) electrons. The maximum absolute atomic E-state index is 13.4.